The number of piperazine rings is 1. The predicted molar refractivity (Wildman–Crippen MR) is 154 cm³/mol. The summed E-state index contributed by atoms with van der Waals surface area (Å²) in [5.74, 6) is 0.929. The van der Waals surface area contributed by atoms with Crippen molar-refractivity contribution < 1.29 is 9.59 Å². The number of hydrogen-bond acceptors (Lipinski definition) is 6. The monoisotopic (exact) mass is 522 g/mol. The Bertz CT molecular complexity index is 1450. The molecule has 39 heavy (non-hydrogen) atoms. The molecule has 0 radical (unpaired) electrons. The molecule has 1 aromatic heterocycles. The smallest absolute Gasteiger partial charge is 0.253 e. The Hall–Kier alpha value is -4.30. The molecule has 2 amide bonds. The molecule has 1 aliphatic heterocycles. The van der Waals surface area contributed by atoms with Crippen LogP contribution >= 0.6 is 0 Å². The zero-order valence-electron chi connectivity index (χ0n) is 22.4. The highest BCUT2D eigenvalue weighted by atomic mass is 16.2. The number of rotatable bonds is 8. The second-order valence-electron chi connectivity index (χ2n) is 10.3. The van der Waals surface area contributed by atoms with Gasteiger partial charge in [-0.2, -0.15) is 0 Å². The van der Waals surface area contributed by atoms with Gasteiger partial charge in [0.2, 0.25) is 5.91 Å². The molecule has 0 bridgehead atoms. The highest BCUT2D eigenvalue weighted by Crippen LogP contribution is 2.24. The van der Waals surface area contributed by atoms with Crippen LogP contribution in [0, 0.1) is 5.92 Å². The van der Waals surface area contributed by atoms with E-state index in [1.165, 1.54) is 0 Å². The summed E-state index contributed by atoms with van der Waals surface area (Å²) in [6, 6.07) is 25.2. The van der Waals surface area contributed by atoms with Gasteiger partial charge in [0, 0.05) is 37.1 Å². The van der Waals surface area contributed by atoms with Gasteiger partial charge in [0.05, 0.1) is 12.1 Å². The number of nitrogens with zero attached hydrogens (tertiary/aromatic N) is 4. The van der Waals surface area contributed by atoms with Gasteiger partial charge in [-0.05, 0) is 41.3 Å². The normalized spacial score (nSPS) is 14.9. The summed E-state index contributed by atoms with van der Waals surface area (Å²) in [5.41, 5.74) is 9.38. The van der Waals surface area contributed by atoms with E-state index in [0.29, 0.717) is 36.8 Å². The topological polar surface area (TPSA) is 104 Å². The largest absolute Gasteiger partial charge is 0.368 e. The van der Waals surface area contributed by atoms with Crippen LogP contribution in [0.5, 0.6) is 0 Å². The summed E-state index contributed by atoms with van der Waals surface area (Å²) < 4.78 is 0. The van der Waals surface area contributed by atoms with Gasteiger partial charge in [-0.3, -0.25) is 14.5 Å². The molecule has 1 saturated heterocycles. The van der Waals surface area contributed by atoms with E-state index < -0.39 is 11.9 Å². The van der Waals surface area contributed by atoms with Crippen LogP contribution in [0.2, 0.25) is 0 Å². The van der Waals surface area contributed by atoms with Crippen molar-refractivity contribution >= 4 is 28.5 Å². The lowest BCUT2D eigenvalue weighted by molar-refractivity contribution is -0.119. The van der Waals surface area contributed by atoms with E-state index >= 15 is 0 Å². The van der Waals surface area contributed by atoms with Crippen molar-refractivity contribution in [2.45, 2.75) is 26.4 Å². The van der Waals surface area contributed by atoms with Crippen LogP contribution in [-0.4, -0.2) is 63.8 Å². The highest BCUT2D eigenvalue weighted by Gasteiger charge is 2.24. The van der Waals surface area contributed by atoms with Gasteiger partial charge >= 0.3 is 0 Å². The first-order chi connectivity index (χ1) is 18.9. The molecule has 5 rings (SSSR count). The number of carbonyl (C=O) groups is 2. The summed E-state index contributed by atoms with van der Waals surface area (Å²) in [4.78, 5) is 38.9. The minimum absolute atomic E-state index is 0.0137. The third-order valence-corrected chi connectivity index (χ3v) is 7.18. The molecule has 1 atom stereocenters. The molecule has 8 heteroatoms. The van der Waals surface area contributed by atoms with Gasteiger partial charge in [0.15, 0.2) is 0 Å². The number of hydrogen-bond donors (Lipinski definition) is 2. The zero-order valence-corrected chi connectivity index (χ0v) is 22.4. The molecule has 0 saturated carbocycles. The third-order valence-electron chi connectivity index (χ3n) is 7.18. The Balaban J connectivity index is 1.24. The van der Waals surface area contributed by atoms with Crippen LogP contribution in [0.1, 0.15) is 30.0 Å². The van der Waals surface area contributed by atoms with Crippen molar-refractivity contribution in [1.29, 1.82) is 0 Å². The Labute approximate surface area is 228 Å². The van der Waals surface area contributed by atoms with Crippen molar-refractivity contribution in [2.75, 3.05) is 31.5 Å². The number of aromatic nitrogens is 2. The number of para-hydroxylation sites is 1. The molecule has 0 aliphatic carbocycles. The van der Waals surface area contributed by atoms with Crippen LogP contribution in [0.15, 0.2) is 78.9 Å². The van der Waals surface area contributed by atoms with Gasteiger partial charge < -0.3 is 16.0 Å². The lowest BCUT2D eigenvalue weighted by atomic mass is 10.0. The first kappa shape index (κ1) is 26.3. The molecule has 8 nitrogen and oxygen atoms in total. The van der Waals surface area contributed by atoms with Crippen LogP contribution in [0.25, 0.3) is 22.0 Å². The third kappa shape index (κ3) is 6.07. The fourth-order valence-corrected chi connectivity index (χ4v) is 4.95. The van der Waals surface area contributed by atoms with Crippen molar-refractivity contribution in [3.63, 3.8) is 0 Å². The van der Waals surface area contributed by atoms with Gasteiger partial charge in [0.25, 0.3) is 5.91 Å². The number of nitrogens with two attached hydrogens (primary N) is 1. The number of fused-ring (bicyclic) bond motifs is 1. The number of carbonyl (C=O) groups excluding carboxylic acids is 2. The Morgan fingerprint density at radius 3 is 2.15 bits per heavy atom. The predicted octanol–water partition coefficient (Wildman–Crippen LogP) is 4.18. The zero-order chi connectivity index (χ0) is 27.4. The molecule has 1 fully saturated rings. The first-order valence-corrected chi connectivity index (χ1v) is 13.4. The standard InChI is InChI=1S/C31H34N6O2/c1-21(2)28(29(32)38)35-30-25-10-6-7-11-26(25)33-27(34-30)20-36-16-18-37(19-17-36)31(39)24-14-12-23(13-15-24)22-8-4-3-5-9-22/h3-15,21,28H,16-20H2,1-2H3,(H2,32,38)(H,33,34,35)/t28-/m0/s1. The minimum atomic E-state index is -0.535. The maximum atomic E-state index is 13.2. The summed E-state index contributed by atoms with van der Waals surface area (Å²) in [5, 5.41) is 4.10. The molecule has 4 aromatic rings. The fraction of sp³-hybridized carbons (Fsp3) is 0.290. The van der Waals surface area contributed by atoms with Crippen molar-refractivity contribution in [2.24, 2.45) is 11.7 Å². The van der Waals surface area contributed by atoms with E-state index in [1.54, 1.807) is 0 Å². The number of amides is 2. The lowest BCUT2D eigenvalue weighted by Gasteiger charge is -2.34. The van der Waals surface area contributed by atoms with Gasteiger partial charge in [-0.15, -0.1) is 0 Å². The molecule has 200 valence electrons. The Morgan fingerprint density at radius 1 is 0.846 bits per heavy atom. The number of primary amides is 1. The first-order valence-electron chi connectivity index (χ1n) is 13.4. The van der Waals surface area contributed by atoms with Crippen LogP contribution in [0.4, 0.5) is 5.82 Å². The van der Waals surface area contributed by atoms with Crippen LogP contribution in [0.3, 0.4) is 0 Å². The summed E-state index contributed by atoms with van der Waals surface area (Å²) in [7, 11) is 0. The molecule has 3 aromatic carbocycles. The average Bonchev–Trinajstić information content (AvgIpc) is 2.96. The minimum Gasteiger partial charge on any atom is -0.368 e. The second-order valence-corrected chi connectivity index (χ2v) is 10.3. The number of anilines is 1. The van der Waals surface area contributed by atoms with Crippen molar-refractivity contribution in [3.05, 3.63) is 90.3 Å². The maximum Gasteiger partial charge on any atom is 0.253 e. The van der Waals surface area contributed by atoms with E-state index in [9.17, 15) is 9.59 Å². The summed E-state index contributed by atoms with van der Waals surface area (Å²) >= 11 is 0. The van der Waals surface area contributed by atoms with Crippen molar-refractivity contribution in [3.8, 4) is 11.1 Å². The second kappa shape index (κ2) is 11.6. The number of nitrogens with one attached hydrogen (secondary N) is 1. The van der Waals surface area contributed by atoms with Gasteiger partial charge in [0.1, 0.15) is 17.7 Å². The highest BCUT2D eigenvalue weighted by molar-refractivity contribution is 5.95. The van der Waals surface area contributed by atoms with E-state index in [2.05, 4.69) is 22.3 Å². The SMILES string of the molecule is CC(C)[C@H](Nc1nc(CN2CCN(C(=O)c3ccc(-c4ccccc4)cc3)CC2)nc2ccccc12)C(N)=O. The van der Waals surface area contributed by atoms with E-state index in [4.69, 9.17) is 15.7 Å². The van der Waals surface area contributed by atoms with E-state index in [0.717, 1.165) is 35.1 Å². The van der Waals surface area contributed by atoms with Gasteiger partial charge in [-0.25, -0.2) is 9.97 Å². The molecule has 1 aliphatic rings. The molecule has 2 heterocycles. The van der Waals surface area contributed by atoms with E-state index in [1.807, 2.05) is 85.5 Å². The van der Waals surface area contributed by atoms with Gasteiger partial charge in [-0.1, -0.05) is 68.4 Å². The Morgan fingerprint density at radius 2 is 1.49 bits per heavy atom. The molecule has 0 unspecified atom stereocenters. The Kier molecular flexibility index (Phi) is 7.84. The van der Waals surface area contributed by atoms with E-state index in [-0.39, 0.29) is 11.8 Å². The summed E-state index contributed by atoms with van der Waals surface area (Å²) in [6.07, 6.45) is 0. The van der Waals surface area contributed by atoms with Crippen LogP contribution < -0.4 is 11.1 Å². The fourth-order valence-electron chi connectivity index (χ4n) is 4.95. The molecule has 0 spiro atoms. The maximum absolute atomic E-state index is 13.2. The number of benzene rings is 3. The van der Waals surface area contributed by atoms with Crippen molar-refractivity contribution in [1.82, 2.24) is 19.8 Å². The average molecular weight is 523 g/mol. The molecular formula is C31H34N6O2. The van der Waals surface area contributed by atoms with Crippen LogP contribution in [-0.2, 0) is 11.3 Å². The quantitative estimate of drug-likeness (QED) is 0.360. The molecule has 3 N–H and O–H groups in total. The summed E-state index contributed by atoms with van der Waals surface area (Å²) in [6.45, 7) is 7.17. The molecular weight excluding hydrogens is 488 g/mol. The lowest BCUT2D eigenvalue weighted by Crippen LogP contribution is -2.48.